The van der Waals surface area contributed by atoms with Crippen LogP contribution in [0.4, 0.5) is 5.82 Å². The van der Waals surface area contributed by atoms with Crippen molar-refractivity contribution >= 4 is 45.8 Å². The minimum Gasteiger partial charge on any atom is -0.355 e. The van der Waals surface area contributed by atoms with E-state index in [1.165, 1.54) is 0 Å². The molecule has 0 amide bonds. The van der Waals surface area contributed by atoms with Gasteiger partial charge in [-0.3, -0.25) is 4.99 Å². The molecule has 1 aromatic heterocycles. The maximum atomic E-state index is 12.6. The first kappa shape index (κ1) is 22.2. The second-order valence-electron chi connectivity index (χ2n) is 6.85. The molecule has 1 saturated carbocycles. The van der Waals surface area contributed by atoms with E-state index in [2.05, 4.69) is 32.4 Å². The number of hydrogen-bond donors (Lipinski definition) is 2. The Morgan fingerprint density at radius 2 is 2.00 bits per heavy atom. The van der Waals surface area contributed by atoms with Gasteiger partial charge in [0.05, 0.1) is 5.75 Å². The molecule has 2 heterocycles. The lowest BCUT2D eigenvalue weighted by Gasteiger charge is -2.34. The predicted octanol–water partition coefficient (Wildman–Crippen LogP) is 0.725. The fourth-order valence-corrected chi connectivity index (χ4v) is 4.39. The van der Waals surface area contributed by atoms with Crippen LogP contribution in [0, 0.1) is 5.92 Å². The minimum absolute atomic E-state index is 0. The first-order valence-electron chi connectivity index (χ1n) is 9.10. The number of sulfonamides is 1. The molecule has 3 rings (SSSR count). The van der Waals surface area contributed by atoms with Crippen LogP contribution in [0.2, 0.25) is 0 Å². The van der Waals surface area contributed by atoms with Crippen molar-refractivity contribution in [3.8, 4) is 0 Å². The molecule has 1 saturated heterocycles. The summed E-state index contributed by atoms with van der Waals surface area (Å²) in [7, 11) is -1.57. The molecule has 0 aromatic carbocycles. The third-order valence-electron chi connectivity index (χ3n) is 4.91. The largest absolute Gasteiger partial charge is 0.355 e. The van der Waals surface area contributed by atoms with Crippen molar-refractivity contribution < 1.29 is 8.42 Å². The number of piperazine rings is 1. The van der Waals surface area contributed by atoms with Gasteiger partial charge in [-0.2, -0.15) is 4.31 Å². The number of aliphatic imine (C=N–C) groups is 1. The average molecular weight is 508 g/mol. The number of nitrogens with one attached hydrogen (secondary N) is 2. The Kier molecular flexibility index (Phi) is 8.10. The molecule has 2 N–H and O–H groups in total. The number of nitrogens with zero attached hydrogens (tertiary/aromatic N) is 4. The smallest absolute Gasteiger partial charge is 0.215 e. The summed E-state index contributed by atoms with van der Waals surface area (Å²) in [6, 6.07) is 6.23. The zero-order chi connectivity index (χ0) is 18.6. The molecule has 0 spiro atoms. The highest BCUT2D eigenvalue weighted by molar-refractivity contribution is 14.0. The van der Waals surface area contributed by atoms with Crippen molar-refractivity contribution in [2.24, 2.45) is 10.9 Å². The van der Waals surface area contributed by atoms with E-state index in [9.17, 15) is 8.42 Å². The van der Waals surface area contributed by atoms with Crippen molar-refractivity contribution in [3.05, 3.63) is 24.4 Å². The summed E-state index contributed by atoms with van der Waals surface area (Å²) in [6.07, 6.45) is 2.90. The number of halogens is 1. The summed E-state index contributed by atoms with van der Waals surface area (Å²) in [5.41, 5.74) is 0. The zero-order valence-electron chi connectivity index (χ0n) is 15.8. The van der Waals surface area contributed by atoms with Crippen molar-refractivity contribution in [2.75, 3.05) is 50.4 Å². The molecule has 152 valence electrons. The number of rotatable bonds is 6. The van der Waals surface area contributed by atoms with E-state index in [-0.39, 0.29) is 29.7 Å². The van der Waals surface area contributed by atoms with E-state index in [1.807, 2.05) is 18.2 Å². The SMILES string of the molecule is CN=C(NCCS(=O)(=O)N1CCN(c2ccccn2)CC1)NC1CC1C.I. The van der Waals surface area contributed by atoms with E-state index >= 15 is 0 Å². The van der Waals surface area contributed by atoms with Crippen LogP contribution in [-0.4, -0.2) is 75.2 Å². The molecule has 10 heteroatoms. The Balaban J connectivity index is 0.00000261. The average Bonchev–Trinajstić information content (AvgIpc) is 3.36. The highest BCUT2D eigenvalue weighted by Crippen LogP contribution is 2.28. The highest BCUT2D eigenvalue weighted by atomic mass is 127. The third-order valence-corrected chi connectivity index (χ3v) is 6.78. The van der Waals surface area contributed by atoms with Crippen LogP contribution in [-0.2, 0) is 10.0 Å². The van der Waals surface area contributed by atoms with Crippen LogP contribution in [0.5, 0.6) is 0 Å². The normalized spacial score (nSPS) is 23.5. The zero-order valence-corrected chi connectivity index (χ0v) is 19.0. The minimum atomic E-state index is -3.28. The van der Waals surface area contributed by atoms with Gasteiger partial charge >= 0.3 is 0 Å². The molecule has 0 radical (unpaired) electrons. The Morgan fingerprint density at radius 1 is 1.30 bits per heavy atom. The molecule has 0 bridgehead atoms. The summed E-state index contributed by atoms with van der Waals surface area (Å²) in [5, 5.41) is 6.40. The fourth-order valence-electron chi connectivity index (χ4n) is 3.06. The van der Waals surface area contributed by atoms with Gasteiger partial charge in [0.1, 0.15) is 5.82 Å². The quantitative estimate of drug-likeness (QED) is 0.335. The first-order valence-corrected chi connectivity index (χ1v) is 10.7. The van der Waals surface area contributed by atoms with Crippen molar-refractivity contribution in [3.63, 3.8) is 0 Å². The topological polar surface area (TPSA) is 89.9 Å². The number of pyridine rings is 1. The van der Waals surface area contributed by atoms with Crippen LogP contribution in [0.3, 0.4) is 0 Å². The lowest BCUT2D eigenvalue weighted by molar-refractivity contribution is 0.384. The summed E-state index contributed by atoms with van der Waals surface area (Å²) in [5.74, 6) is 2.30. The first-order chi connectivity index (χ1) is 12.5. The maximum absolute atomic E-state index is 12.6. The van der Waals surface area contributed by atoms with E-state index < -0.39 is 10.0 Å². The highest BCUT2D eigenvalue weighted by Gasteiger charge is 2.33. The van der Waals surface area contributed by atoms with Crippen LogP contribution in [0.15, 0.2) is 29.4 Å². The molecule has 2 atom stereocenters. The van der Waals surface area contributed by atoms with Crippen LogP contribution in [0.1, 0.15) is 13.3 Å². The van der Waals surface area contributed by atoms with E-state index in [1.54, 1.807) is 17.5 Å². The molecule has 1 aliphatic heterocycles. The fraction of sp³-hybridized carbons (Fsp3) is 0.647. The number of anilines is 1. The third kappa shape index (κ3) is 6.18. The molecule has 1 aromatic rings. The van der Waals surface area contributed by atoms with Crippen LogP contribution in [0.25, 0.3) is 0 Å². The Morgan fingerprint density at radius 3 is 2.56 bits per heavy atom. The lowest BCUT2D eigenvalue weighted by Crippen LogP contribution is -2.50. The van der Waals surface area contributed by atoms with Gasteiger partial charge in [-0.25, -0.2) is 13.4 Å². The Hall–Kier alpha value is -1.14. The van der Waals surface area contributed by atoms with Gasteiger partial charge in [0.15, 0.2) is 5.96 Å². The van der Waals surface area contributed by atoms with Gasteiger partial charge in [0.25, 0.3) is 0 Å². The second kappa shape index (κ2) is 9.87. The number of guanidine groups is 1. The second-order valence-corrected chi connectivity index (χ2v) is 8.94. The molecule has 27 heavy (non-hydrogen) atoms. The Labute approximate surface area is 178 Å². The Bertz CT molecular complexity index is 722. The van der Waals surface area contributed by atoms with Crippen LogP contribution >= 0.6 is 24.0 Å². The standard InChI is InChI=1S/C17H28N6O2S.HI/c1-14-13-15(14)21-17(18-2)20-7-12-26(24,25)23-10-8-22(9-11-23)16-5-3-4-6-19-16;/h3-6,14-15H,7-13H2,1-2H3,(H2,18,20,21);1H. The molecular weight excluding hydrogens is 479 g/mol. The summed E-state index contributed by atoms with van der Waals surface area (Å²) in [6.45, 7) is 4.83. The van der Waals surface area contributed by atoms with Crippen LogP contribution < -0.4 is 15.5 Å². The van der Waals surface area contributed by atoms with E-state index in [0.717, 1.165) is 12.2 Å². The lowest BCUT2D eigenvalue weighted by atomic mass is 10.3. The van der Waals surface area contributed by atoms with E-state index in [0.29, 0.717) is 50.6 Å². The summed E-state index contributed by atoms with van der Waals surface area (Å²) >= 11 is 0. The van der Waals surface area contributed by atoms with Crippen molar-refractivity contribution in [2.45, 2.75) is 19.4 Å². The number of hydrogen-bond acceptors (Lipinski definition) is 5. The van der Waals surface area contributed by atoms with Crippen molar-refractivity contribution in [1.82, 2.24) is 19.9 Å². The monoisotopic (exact) mass is 508 g/mol. The molecular formula is C17H29IN6O2S. The van der Waals surface area contributed by atoms with Gasteiger partial charge in [0, 0.05) is 52.0 Å². The van der Waals surface area contributed by atoms with Gasteiger partial charge in [0.2, 0.25) is 10.0 Å². The molecule has 2 fully saturated rings. The van der Waals surface area contributed by atoms with Gasteiger partial charge in [-0.05, 0) is 24.5 Å². The van der Waals surface area contributed by atoms with E-state index in [4.69, 9.17) is 0 Å². The molecule has 2 unspecified atom stereocenters. The van der Waals surface area contributed by atoms with Gasteiger partial charge < -0.3 is 15.5 Å². The maximum Gasteiger partial charge on any atom is 0.215 e. The van der Waals surface area contributed by atoms with Gasteiger partial charge in [-0.1, -0.05) is 13.0 Å². The predicted molar refractivity (Wildman–Crippen MR) is 119 cm³/mol. The molecule has 1 aliphatic carbocycles. The summed E-state index contributed by atoms with van der Waals surface area (Å²) < 4.78 is 26.7. The van der Waals surface area contributed by atoms with Crippen molar-refractivity contribution in [1.29, 1.82) is 0 Å². The summed E-state index contributed by atoms with van der Waals surface area (Å²) in [4.78, 5) is 10.6. The number of aromatic nitrogens is 1. The van der Waals surface area contributed by atoms with Gasteiger partial charge in [-0.15, -0.1) is 24.0 Å². The molecule has 8 nitrogen and oxygen atoms in total. The molecule has 2 aliphatic rings.